The summed E-state index contributed by atoms with van der Waals surface area (Å²) in [5.41, 5.74) is 5.55. The van der Waals surface area contributed by atoms with Crippen LogP contribution in [0.5, 0.6) is 5.75 Å². The van der Waals surface area contributed by atoms with E-state index in [1.165, 1.54) is 13.2 Å². The predicted octanol–water partition coefficient (Wildman–Crippen LogP) is 1.55. The van der Waals surface area contributed by atoms with Crippen LogP contribution in [0.4, 0.5) is 8.78 Å². The predicted molar refractivity (Wildman–Crippen MR) is 53.0 cm³/mol. The topological polar surface area (TPSA) is 71.9 Å². The second kappa shape index (κ2) is 5.37. The minimum atomic E-state index is -2.68. The standard InChI is InChI=1S/C10H11F2N3O/c1-16-9-4-6(10(11)12)7(2-3-13)15-8(9)5-14/h4,10H,2,5,14H2,1H3. The summed E-state index contributed by atoms with van der Waals surface area (Å²) in [6.45, 7) is 0.0745. The first kappa shape index (κ1) is 12.3. The molecule has 0 saturated carbocycles. The van der Waals surface area contributed by atoms with Crippen molar-refractivity contribution >= 4 is 0 Å². The molecule has 0 aliphatic heterocycles. The molecule has 1 heterocycles. The maximum atomic E-state index is 12.7. The van der Waals surface area contributed by atoms with Crippen LogP contribution in [0.15, 0.2) is 6.07 Å². The Labute approximate surface area is 91.7 Å². The van der Waals surface area contributed by atoms with E-state index in [1.54, 1.807) is 6.07 Å². The summed E-state index contributed by atoms with van der Waals surface area (Å²) in [5, 5.41) is 8.52. The van der Waals surface area contributed by atoms with Crippen LogP contribution in [0.25, 0.3) is 0 Å². The Kier molecular flexibility index (Phi) is 4.14. The van der Waals surface area contributed by atoms with Gasteiger partial charge in [-0.15, -0.1) is 0 Å². The number of nitrogens with two attached hydrogens (primary N) is 1. The number of ether oxygens (including phenoxy) is 1. The number of nitriles is 1. The molecule has 0 saturated heterocycles. The van der Waals surface area contributed by atoms with Gasteiger partial charge in [-0.3, -0.25) is 4.98 Å². The highest BCUT2D eigenvalue weighted by molar-refractivity contribution is 5.37. The number of methoxy groups -OCH3 is 1. The lowest BCUT2D eigenvalue weighted by Crippen LogP contribution is -2.08. The summed E-state index contributed by atoms with van der Waals surface area (Å²) in [6.07, 6.45) is -2.85. The Bertz CT molecular complexity index is 415. The van der Waals surface area contributed by atoms with E-state index in [9.17, 15) is 8.78 Å². The number of alkyl halides is 2. The monoisotopic (exact) mass is 227 g/mol. The van der Waals surface area contributed by atoms with Gasteiger partial charge in [0.2, 0.25) is 0 Å². The minimum Gasteiger partial charge on any atom is -0.495 e. The van der Waals surface area contributed by atoms with Gasteiger partial charge in [-0.05, 0) is 6.07 Å². The zero-order valence-corrected chi connectivity index (χ0v) is 8.70. The van der Waals surface area contributed by atoms with Crippen molar-refractivity contribution in [2.75, 3.05) is 7.11 Å². The number of aromatic nitrogens is 1. The van der Waals surface area contributed by atoms with E-state index >= 15 is 0 Å². The molecular weight excluding hydrogens is 216 g/mol. The van der Waals surface area contributed by atoms with E-state index in [-0.39, 0.29) is 30.0 Å². The molecule has 0 fully saturated rings. The third kappa shape index (κ3) is 2.44. The van der Waals surface area contributed by atoms with Crippen LogP contribution < -0.4 is 10.5 Å². The quantitative estimate of drug-likeness (QED) is 0.847. The molecule has 1 aromatic heterocycles. The fourth-order valence-corrected chi connectivity index (χ4v) is 1.32. The summed E-state index contributed by atoms with van der Waals surface area (Å²) in [4.78, 5) is 3.92. The third-order valence-electron chi connectivity index (χ3n) is 2.07. The van der Waals surface area contributed by atoms with Gasteiger partial charge in [0.05, 0.1) is 31.0 Å². The van der Waals surface area contributed by atoms with Gasteiger partial charge in [-0.1, -0.05) is 0 Å². The van der Waals surface area contributed by atoms with Gasteiger partial charge in [0.1, 0.15) is 5.75 Å². The molecular formula is C10H11F2N3O. The van der Waals surface area contributed by atoms with Crippen molar-refractivity contribution in [3.63, 3.8) is 0 Å². The highest BCUT2D eigenvalue weighted by atomic mass is 19.3. The van der Waals surface area contributed by atoms with Crippen molar-refractivity contribution < 1.29 is 13.5 Å². The van der Waals surface area contributed by atoms with Crippen LogP contribution in [-0.2, 0) is 13.0 Å². The van der Waals surface area contributed by atoms with Gasteiger partial charge in [0.15, 0.2) is 0 Å². The summed E-state index contributed by atoms with van der Waals surface area (Å²) >= 11 is 0. The van der Waals surface area contributed by atoms with Gasteiger partial charge >= 0.3 is 0 Å². The lowest BCUT2D eigenvalue weighted by Gasteiger charge is -2.11. The summed E-state index contributed by atoms with van der Waals surface area (Å²) in [7, 11) is 1.36. The largest absolute Gasteiger partial charge is 0.495 e. The number of nitrogens with zero attached hydrogens (tertiary/aromatic N) is 2. The number of hydrogen-bond acceptors (Lipinski definition) is 4. The van der Waals surface area contributed by atoms with Gasteiger partial charge in [-0.2, -0.15) is 5.26 Å². The van der Waals surface area contributed by atoms with Gasteiger partial charge < -0.3 is 10.5 Å². The molecule has 0 spiro atoms. The molecule has 1 aromatic rings. The van der Waals surface area contributed by atoms with E-state index in [2.05, 4.69) is 4.98 Å². The Morgan fingerprint density at radius 3 is 2.69 bits per heavy atom. The summed E-state index contributed by atoms with van der Waals surface area (Å²) in [5.74, 6) is 0.222. The Morgan fingerprint density at radius 2 is 2.25 bits per heavy atom. The molecule has 0 aliphatic carbocycles. The Balaban J connectivity index is 3.30. The zero-order chi connectivity index (χ0) is 12.1. The molecule has 4 nitrogen and oxygen atoms in total. The molecule has 6 heteroatoms. The smallest absolute Gasteiger partial charge is 0.265 e. The minimum absolute atomic E-state index is 0.0544. The van der Waals surface area contributed by atoms with E-state index in [0.29, 0.717) is 5.69 Å². The molecule has 0 unspecified atom stereocenters. The third-order valence-corrected chi connectivity index (χ3v) is 2.07. The van der Waals surface area contributed by atoms with E-state index in [4.69, 9.17) is 15.7 Å². The van der Waals surface area contributed by atoms with Crippen molar-refractivity contribution in [2.24, 2.45) is 5.73 Å². The van der Waals surface area contributed by atoms with Crippen LogP contribution >= 0.6 is 0 Å². The fraction of sp³-hybridized carbons (Fsp3) is 0.400. The molecule has 16 heavy (non-hydrogen) atoms. The van der Waals surface area contributed by atoms with Crippen LogP contribution in [0.2, 0.25) is 0 Å². The number of pyridine rings is 1. The number of halogens is 2. The highest BCUT2D eigenvalue weighted by Gasteiger charge is 2.18. The maximum absolute atomic E-state index is 12.7. The second-order valence-corrected chi connectivity index (χ2v) is 3.01. The zero-order valence-electron chi connectivity index (χ0n) is 8.70. The van der Waals surface area contributed by atoms with Crippen molar-refractivity contribution in [3.05, 3.63) is 23.0 Å². The van der Waals surface area contributed by atoms with E-state index in [0.717, 1.165) is 0 Å². The normalized spacial score (nSPS) is 10.2. The number of hydrogen-bond donors (Lipinski definition) is 1. The maximum Gasteiger partial charge on any atom is 0.265 e. The summed E-state index contributed by atoms with van der Waals surface area (Å²) in [6, 6.07) is 2.98. The Hall–Kier alpha value is -1.74. The van der Waals surface area contributed by atoms with Crippen LogP contribution in [0, 0.1) is 11.3 Å². The van der Waals surface area contributed by atoms with Crippen LogP contribution in [0.1, 0.15) is 23.4 Å². The van der Waals surface area contributed by atoms with Crippen molar-refractivity contribution in [1.82, 2.24) is 4.98 Å². The first-order chi connectivity index (χ1) is 7.63. The number of rotatable bonds is 4. The van der Waals surface area contributed by atoms with E-state index in [1.807, 2.05) is 0 Å². The average Bonchev–Trinajstić information content (AvgIpc) is 2.28. The molecule has 86 valence electrons. The Morgan fingerprint density at radius 1 is 1.56 bits per heavy atom. The highest BCUT2D eigenvalue weighted by Crippen LogP contribution is 2.28. The van der Waals surface area contributed by atoms with Crippen molar-refractivity contribution in [2.45, 2.75) is 19.4 Å². The van der Waals surface area contributed by atoms with Crippen LogP contribution in [-0.4, -0.2) is 12.1 Å². The first-order valence-electron chi connectivity index (χ1n) is 4.55. The molecule has 0 radical (unpaired) electrons. The first-order valence-corrected chi connectivity index (χ1v) is 4.55. The van der Waals surface area contributed by atoms with Gasteiger partial charge in [0.25, 0.3) is 6.43 Å². The molecule has 0 amide bonds. The SMILES string of the molecule is COc1cc(C(F)F)c(CC#N)nc1CN. The van der Waals surface area contributed by atoms with E-state index < -0.39 is 6.43 Å². The molecule has 2 N–H and O–H groups in total. The molecule has 0 atom stereocenters. The molecule has 1 rings (SSSR count). The van der Waals surface area contributed by atoms with Crippen LogP contribution in [0.3, 0.4) is 0 Å². The van der Waals surface area contributed by atoms with Crippen molar-refractivity contribution in [1.29, 1.82) is 5.26 Å². The lowest BCUT2D eigenvalue weighted by molar-refractivity contribution is 0.149. The van der Waals surface area contributed by atoms with Gasteiger partial charge in [0, 0.05) is 12.1 Å². The fourth-order valence-electron chi connectivity index (χ4n) is 1.32. The average molecular weight is 227 g/mol. The second-order valence-electron chi connectivity index (χ2n) is 3.01. The van der Waals surface area contributed by atoms with Gasteiger partial charge in [-0.25, -0.2) is 8.78 Å². The van der Waals surface area contributed by atoms with Crippen molar-refractivity contribution in [3.8, 4) is 11.8 Å². The molecule has 0 aromatic carbocycles. The lowest BCUT2D eigenvalue weighted by atomic mass is 10.1. The molecule has 0 bridgehead atoms. The summed E-state index contributed by atoms with van der Waals surface area (Å²) < 4.78 is 30.2. The molecule has 0 aliphatic rings.